The van der Waals surface area contributed by atoms with Crippen LogP contribution in [0.4, 0.5) is 11.4 Å². The van der Waals surface area contributed by atoms with Gasteiger partial charge in [0.25, 0.3) is 5.91 Å². The Kier molecular flexibility index (Phi) is 5.96. The predicted octanol–water partition coefficient (Wildman–Crippen LogP) is 3.73. The third kappa shape index (κ3) is 4.49. The van der Waals surface area contributed by atoms with Gasteiger partial charge < -0.3 is 21.3 Å². The number of nitrogens with one attached hydrogen (secondary N) is 4. The SMILES string of the molecule is CC(=O)Nc1ccc([C@@H]2NC(=S)NC(C)=C2C(=O)Nc2ccccc2Cl)cc1. The highest BCUT2D eigenvalue weighted by Crippen LogP contribution is 2.30. The Morgan fingerprint density at radius 3 is 2.39 bits per heavy atom. The Bertz CT molecular complexity index is 972. The molecule has 2 amide bonds. The monoisotopic (exact) mass is 414 g/mol. The maximum atomic E-state index is 13.0. The highest BCUT2D eigenvalue weighted by molar-refractivity contribution is 7.80. The number of hydrogen-bond donors (Lipinski definition) is 4. The minimum Gasteiger partial charge on any atom is -0.351 e. The first-order valence-electron chi connectivity index (χ1n) is 8.57. The molecule has 6 nitrogen and oxygen atoms in total. The fourth-order valence-corrected chi connectivity index (χ4v) is 3.41. The minimum absolute atomic E-state index is 0.149. The van der Waals surface area contributed by atoms with E-state index in [-0.39, 0.29) is 11.8 Å². The number of halogens is 1. The lowest BCUT2D eigenvalue weighted by atomic mass is 9.94. The molecule has 28 heavy (non-hydrogen) atoms. The highest BCUT2D eigenvalue weighted by Gasteiger charge is 2.30. The molecule has 1 aliphatic heterocycles. The largest absolute Gasteiger partial charge is 0.351 e. The minimum atomic E-state index is -0.442. The topological polar surface area (TPSA) is 82.3 Å². The van der Waals surface area contributed by atoms with Gasteiger partial charge in [0.15, 0.2) is 5.11 Å². The maximum absolute atomic E-state index is 13.0. The Morgan fingerprint density at radius 2 is 1.75 bits per heavy atom. The summed E-state index contributed by atoms with van der Waals surface area (Å²) in [6.45, 7) is 3.25. The Morgan fingerprint density at radius 1 is 1.07 bits per heavy atom. The summed E-state index contributed by atoms with van der Waals surface area (Å²) < 4.78 is 0. The van der Waals surface area contributed by atoms with Gasteiger partial charge in [-0.1, -0.05) is 35.9 Å². The zero-order valence-electron chi connectivity index (χ0n) is 15.3. The number of carbonyl (C=O) groups excluding carboxylic acids is 2. The molecule has 1 heterocycles. The van der Waals surface area contributed by atoms with Crippen LogP contribution >= 0.6 is 23.8 Å². The van der Waals surface area contributed by atoms with Crippen LogP contribution in [0.5, 0.6) is 0 Å². The Balaban J connectivity index is 1.91. The third-order valence-corrected chi connectivity index (χ3v) is 4.75. The third-order valence-electron chi connectivity index (χ3n) is 4.20. The van der Waals surface area contributed by atoms with E-state index in [2.05, 4.69) is 21.3 Å². The lowest BCUT2D eigenvalue weighted by molar-refractivity contribution is -0.114. The zero-order valence-corrected chi connectivity index (χ0v) is 16.9. The first-order valence-corrected chi connectivity index (χ1v) is 9.35. The summed E-state index contributed by atoms with van der Waals surface area (Å²) in [4.78, 5) is 24.2. The lowest BCUT2D eigenvalue weighted by Gasteiger charge is -2.30. The van der Waals surface area contributed by atoms with Crippen molar-refractivity contribution >= 4 is 52.1 Å². The second kappa shape index (κ2) is 8.41. The van der Waals surface area contributed by atoms with Gasteiger partial charge in [0.1, 0.15) is 0 Å². The first kappa shape index (κ1) is 19.9. The molecular formula is C20H19ClN4O2S. The second-order valence-corrected chi connectivity index (χ2v) is 7.12. The molecule has 4 N–H and O–H groups in total. The average molecular weight is 415 g/mol. The summed E-state index contributed by atoms with van der Waals surface area (Å²) >= 11 is 11.4. The number of hydrogen-bond acceptors (Lipinski definition) is 3. The quantitative estimate of drug-likeness (QED) is 0.573. The van der Waals surface area contributed by atoms with Crippen molar-refractivity contribution in [2.24, 2.45) is 0 Å². The number of anilines is 2. The smallest absolute Gasteiger partial charge is 0.255 e. The van der Waals surface area contributed by atoms with Gasteiger partial charge >= 0.3 is 0 Å². The van der Waals surface area contributed by atoms with Crippen molar-refractivity contribution in [3.63, 3.8) is 0 Å². The van der Waals surface area contributed by atoms with Crippen molar-refractivity contribution in [3.8, 4) is 0 Å². The molecule has 0 radical (unpaired) electrons. The summed E-state index contributed by atoms with van der Waals surface area (Å²) in [6.07, 6.45) is 0. The summed E-state index contributed by atoms with van der Waals surface area (Å²) in [6, 6.07) is 13.8. The van der Waals surface area contributed by atoms with Gasteiger partial charge in [0.2, 0.25) is 5.91 Å². The number of thiocarbonyl (C=S) groups is 1. The van der Waals surface area contributed by atoms with Crippen molar-refractivity contribution in [1.82, 2.24) is 10.6 Å². The molecule has 0 bridgehead atoms. The van der Waals surface area contributed by atoms with E-state index in [1.54, 1.807) is 43.3 Å². The van der Waals surface area contributed by atoms with Gasteiger partial charge in [-0.3, -0.25) is 9.59 Å². The molecule has 8 heteroatoms. The standard InChI is InChI=1S/C20H19ClN4O2S/c1-11-17(19(27)24-16-6-4-3-5-15(16)21)18(25-20(28)22-11)13-7-9-14(10-8-13)23-12(2)26/h3-10,18H,1-2H3,(H,23,26)(H,24,27)(H2,22,25,28)/t18-/m0/s1. The summed E-state index contributed by atoms with van der Waals surface area (Å²) in [5.41, 5.74) is 3.20. The van der Waals surface area contributed by atoms with Crippen LogP contribution in [0.15, 0.2) is 59.8 Å². The molecule has 0 saturated heterocycles. The van der Waals surface area contributed by atoms with Crippen LogP contribution in [0.3, 0.4) is 0 Å². The van der Waals surface area contributed by atoms with E-state index in [4.69, 9.17) is 23.8 Å². The molecule has 2 aromatic carbocycles. The van der Waals surface area contributed by atoms with Gasteiger partial charge in [-0.2, -0.15) is 0 Å². The number of benzene rings is 2. The van der Waals surface area contributed by atoms with Crippen LogP contribution in [0.1, 0.15) is 25.5 Å². The molecule has 0 aromatic heterocycles. The summed E-state index contributed by atoms with van der Waals surface area (Å²) in [5.74, 6) is -0.437. The van der Waals surface area contributed by atoms with E-state index in [1.807, 2.05) is 12.1 Å². The molecule has 0 saturated carbocycles. The first-order chi connectivity index (χ1) is 13.3. The van der Waals surface area contributed by atoms with Crippen molar-refractivity contribution in [2.45, 2.75) is 19.9 Å². The van der Waals surface area contributed by atoms with Crippen molar-refractivity contribution in [3.05, 3.63) is 70.4 Å². The van der Waals surface area contributed by atoms with Crippen molar-refractivity contribution < 1.29 is 9.59 Å². The molecule has 2 aromatic rings. The summed E-state index contributed by atoms with van der Waals surface area (Å²) in [5, 5.41) is 12.6. The van der Waals surface area contributed by atoms with E-state index in [1.165, 1.54) is 6.92 Å². The van der Waals surface area contributed by atoms with Gasteiger partial charge in [0, 0.05) is 18.3 Å². The number of rotatable bonds is 4. The molecular weight excluding hydrogens is 396 g/mol. The van der Waals surface area contributed by atoms with E-state index >= 15 is 0 Å². The second-order valence-electron chi connectivity index (χ2n) is 6.31. The number of amides is 2. The summed E-state index contributed by atoms with van der Waals surface area (Å²) in [7, 11) is 0. The normalized spacial score (nSPS) is 16.1. The molecule has 0 spiro atoms. The lowest BCUT2D eigenvalue weighted by Crippen LogP contribution is -2.45. The predicted molar refractivity (Wildman–Crippen MR) is 115 cm³/mol. The van der Waals surface area contributed by atoms with Crippen molar-refractivity contribution in [1.29, 1.82) is 0 Å². The van der Waals surface area contributed by atoms with E-state index in [0.717, 1.165) is 5.56 Å². The van der Waals surface area contributed by atoms with E-state index in [0.29, 0.717) is 32.8 Å². The number of para-hydroxylation sites is 1. The zero-order chi connectivity index (χ0) is 20.3. The van der Waals surface area contributed by atoms with Gasteiger partial charge in [-0.25, -0.2) is 0 Å². The van der Waals surface area contributed by atoms with Crippen LogP contribution in [-0.4, -0.2) is 16.9 Å². The molecule has 3 rings (SSSR count). The highest BCUT2D eigenvalue weighted by atomic mass is 35.5. The molecule has 1 atom stereocenters. The average Bonchev–Trinajstić information content (AvgIpc) is 2.63. The van der Waals surface area contributed by atoms with Crippen LogP contribution < -0.4 is 21.3 Å². The molecule has 0 unspecified atom stereocenters. The fourth-order valence-electron chi connectivity index (χ4n) is 2.96. The van der Waals surface area contributed by atoms with Crippen LogP contribution in [0, 0.1) is 0 Å². The van der Waals surface area contributed by atoms with Crippen LogP contribution in [0.2, 0.25) is 5.02 Å². The van der Waals surface area contributed by atoms with Crippen LogP contribution in [-0.2, 0) is 9.59 Å². The molecule has 0 aliphatic carbocycles. The number of carbonyl (C=O) groups is 2. The molecule has 144 valence electrons. The van der Waals surface area contributed by atoms with Gasteiger partial charge in [0.05, 0.1) is 22.3 Å². The van der Waals surface area contributed by atoms with E-state index in [9.17, 15) is 9.59 Å². The number of allylic oxidation sites excluding steroid dienone is 1. The fraction of sp³-hybridized carbons (Fsp3) is 0.150. The van der Waals surface area contributed by atoms with E-state index < -0.39 is 6.04 Å². The Labute approximate surface area is 173 Å². The van der Waals surface area contributed by atoms with Crippen molar-refractivity contribution in [2.75, 3.05) is 10.6 Å². The Hall–Kier alpha value is -2.90. The van der Waals surface area contributed by atoms with Crippen LogP contribution in [0.25, 0.3) is 0 Å². The van der Waals surface area contributed by atoms with Gasteiger partial charge in [-0.15, -0.1) is 0 Å². The maximum Gasteiger partial charge on any atom is 0.255 e. The van der Waals surface area contributed by atoms with Gasteiger partial charge in [-0.05, 0) is 49.0 Å². The molecule has 1 aliphatic rings. The molecule has 0 fully saturated rings.